The zero-order chi connectivity index (χ0) is 28.8. The molecule has 2 aromatic carbocycles. The maximum absolute atomic E-state index is 14.9. The molecule has 3 fully saturated rings. The van der Waals surface area contributed by atoms with E-state index in [1.807, 2.05) is 11.8 Å². The highest BCUT2D eigenvalue weighted by molar-refractivity contribution is 5.82. The topological polar surface area (TPSA) is 43.9 Å². The van der Waals surface area contributed by atoms with Crippen LogP contribution in [0.4, 0.5) is 8.78 Å². The highest BCUT2D eigenvalue weighted by atomic mass is 19.1. The first-order valence-electron chi connectivity index (χ1n) is 14.8. The lowest BCUT2D eigenvalue weighted by atomic mass is 9.87. The second-order valence-corrected chi connectivity index (χ2v) is 13.2. The van der Waals surface area contributed by atoms with Crippen LogP contribution < -0.4 is 0 Å². The second kappa shape index (κ2) is 11.3. The molecule has 7 heteroatoms. The average Bonchev–Trinajstić information content (AvgIpc) is 3.64. The van der Waals surface area contributed by atoms with E-state index in [9.17, 15) is 18.4 Å². The summed E-state index contributed by atoms with van der Waals surface area (Å²) in [6.45, 7) is 12.8. The maximum Gasteiger partial charge on any atom is 0.227 e. The van der Waals surface area contributed by atoms with E-state index in [4.69, 9.17) is 0 Å². The molecule has 2 saturated heterocycles. The van der Waals surface area contributed by atoms with Crippen molar-refractivity contribution in [1.29, 1.82) is 0 Å². The number of ketones is 1. The van der Waals surface area contributed by atoms with Gasteiger partial charge in [0.25, 0.3) is 0 Å². The number of halogens is 2. The standard InChI is InChI=1S/C33H43F2N3O2/c1-21-18-36(31(22(2)39)16-23-6-8-24(9-7-23)25-10-11-25)14-15-38(21)32(40)29-20-37(33(3,4)5)19-28(29)27-13-12-26(34)17-30(27)35/h6-9,12-13,17,21,25,28-29,31H,10-11,14-16,18-20H2,1-5H3/t21-,28-,29+,31-/m0/s1. The van der Waals surface area contributed by atoms with Gasteiger partial charge in [-0.05, 0) is 82.6 Å². The highest BCUT2D eigenvalue weighted by Crippen LogP contribution is 2.40. The molecule has 2 aromatic rings. The number of nitrogens with zero attached hydrogens (tertiary/aromatic N) is 3. The summed E-state index contributed by atoms with van der Waals surface area (Å²) in [5.74, 6) is -1.10. The Morgan fingerprint density at radius 3 is 2.25 bits per heavy atom. The summed E-state index contributed by atoms with van der Waals surface area (Å²) in [5.41, 5.74) is 2.77. The first-order chi connectivity index (χ1) is 18.9. The Morgan fingerprint density at radius 2 is 1.68 bits per heavy atom. The molecule has 2 aliphatic heterocycles. The molecule has 0 radical (unpaired) electrons. The monoisotopic (exact) mass is 551 g/mol. The summed E-state index contributed by atoms with van der Waals surface area (Å²) in [5, 5.41) is 0. The number of carbonyl (C=O) groups excluding carboxylic acids is 2. The Labute approximate surface area is 237 Å². The first kappa shape index (κ1) is 28.9. The summed E-state index contributed by atoms with van der Waals surface area (Å²) >= 11 is 0. The molecule has 2 heterocycles. The Bertz CT molecular complexity index is 1240. The average molecular weight is 552 g/mol. The van der Waals surface area contributed by atoms with E-state index < -0.39 is 17.6 Å². The third-order valence-corrected chi connectivity index (χ3v) is 9.26. The van der Waals surface area contributed by atoms with Crippen molar-refractivity contribution in [1.82, 2.24) is 14.7 Å². The molecule has 0 N–H and O–H groups in total. The maximum atomic E-state index is 14.9. The molecule has 216 valence electrons. The van der Waals surface area contributed by atoms with Crippen molar-refractivity contribution < 1.29 is 18.4 Å². The van der Waals surface area contributed by atoms with Gasteiger partial charge in [-0.15, -0.1) is 0 Å². The van der Waals surface area contributed by atoms with Crippen molar-refractivity contribution in [3.05, 3.63) is 70.8 Å². The first-order valence-corrected chi connectivity index (χ1v) is 14.8. The Morgan fingerprint density at radius 1 is 0.975 bits per heavy atom. The summed E-state index contributed by atoms with van der Waals surface area (Å²) in [7, 11) is 0. The molecule has 1 aliphatic carbocycles. The minimum Gasteiger partial charge on any atom is -0.337 e. The summed E-state index contributed by atoms with van der Waals surface area (Å²) in [6.07, 6.45) is 3.20. The lowest BCUT2D eigenvalue weighted by Crippen LogP contribution is -2.59. The number of rotatable bonds is 7. The molecule has 1 saturated carbocycles. The fraction of sp³-hybridized carbons (Fsp3) is 0.576. The highest BCUT2D eigenvalue weighted by Gasteiger charge is 2.46. The molecule has 1 amide bonds. The van der Waals surface area contributed by atoms with E-state index in [0.717, 1.165) is 11.6 Å². The van der Waals surface area contributed by atoms with Gasteiger partial charge >= 0.3 is 0 Å². The zero-order valence-corrected chi connectivity index (χ0v) is 24.5. The van der Waals surface area contributed by atoms with Crippen LogP contribution in [0.1, 0.15) is 76.0 Å². The second-order valence-electron chi connectivity index (χ2n) is 13.2. The van der Waals surface area contributed by atoms with Gasteiger partial charge in [0.2, 0.25) is 5.91 Å². The van der Waals surface area contributed by atoms with E-state index in [0.29, 0.717) is 50.6 Å². The van der Waals surface area contributed by atoms with E-state index >= 15 is 0 Å². The number of amides is 1. The van der Waals surface area contributed by atoms with Crippen molar-refractivity contribution in [2.24, 2.45) is 5.92 Å². The predicted molar refractivity (Wildman–Crippen MR) is 153 cm³/mol. The van der Waals surface area contributed by atoms with Gasteiger partial charge in [-0.25, -0.2) is 8.78 Å². The minimum absolute atomic E-state index is 0.0164. The normalized spacial score (nSPS) is 25.3. The Balaban J connectivity index is 1.29. The molecule has 4 atom stereocenters. The van der Waals surface area contributed by atoms with Crippen LogP contribution in [0.2, 0.25) is 0 Å². The van der Waals surface area contributed by atoms with Crippen LogP contribution in [0.3, 0.4) is 0 Å². The fourth-order valence-electron chi connectivity index (χ4n) is 6.62. The van der Waals surface area contributed by atoms with Gasteiger partial charge in [0.05, 0.1) is 12.0 Å². The number of carbonyl (C=O) groups is 2. The number of hydrogen-bond donors (Lipinski definition) is 0. The molecule has 5 rings (SSSR count). The van der Waals surface area contributed by atoms with Crippen LogP contribution in [0.5, 0.6) is 0 Å². The van der Waals surface area contributed by atoms with Crippen molar-refractivity contribution in [2.45, 2.75) is 83.3 Å². The molecule has 40 heavy (non-hydrogen) atoms. The van der Waals surface area contributed by atoms with E-state index in [2.05, 4.69) is 54.8 Å². The van der Waals surface area contributed by atoms with Gasteiger partial charge in [-0.3, -0.25) is 19.4 Å². The summed E-state index contributed by atoms with van der Waals surface area (Å²) < 4.78 is 28.6. The molecule has 5 nitrogen and oxygen atoms in total. The summed E-state index contributed by atoms with van der Waals surface area (Å²) in [6, 6.07) is 12.1. The molecule has 0 aromatic heterocycles. The van der Waals surface area contributed by atoms with Crippen LogP contribution in [-0.4, -0.2) is 76.7 Å². The van der Waals surface area contributed by atoms with Crippen molar-refractivity contribution >= 4 is 11.7 Å². The fourth-order valence-corrected chi connectivity index (χ4v) is 6.62. The number of hydrogen-bond acceptors (Lipinski definition) is 4. The van der Waals surface area contributed by atoms with Gasteiger partial charge in [0.1, 0.15) is 17.4 Å². The van der Waals surface area contributed by atoms with Crippen LogP contribution in [0, 0.1) is 17.6 Å². The lowest BCUT2D eigenvalue weighted by molar-refractivity contribution is -0.141. The Kier molecular flexibility index (Phi) is 8.17. The quantitative estimate of drug-likeness (QED) is 0.463. The van der Waals surface area contributed by atoms with Gasteiger partial charge in [-0.1, -0.05) is 30.3 Å². The number of Topliss-reactive ketones (excluding diaryl/α,β-unsaturated/α-hetero) is 1. The van der Waals surface area contributed by atoms with Crippen LogP contribution in [0.15, 0.2) is 42.5 Å². The van der Waals surface area contributed by atoms with Crippen LogP contribution in [-0.2, 0) is 16.0 Å². The van der Waals surface area contributed by atoms with E-state index in [1.54, 1.807) is 6.92 Å². The minimum atomic E-state index is -0.613. The van der Waals surface area contributed by atoms with Crippen molar-refractivity contribution in [3.63, 3.8) is 0 Å². The van der Waals surface area contributed by atoms with Gasteiger partial charge in [0, 0.05) is 56.3 Å². The van der Waals surface area contributed by atoms with Crippen LogP contribution in [0.25, 0.3) is 0 Å². The Hall–Kier alpha value is -2.64. The third kappa shape index (κ3) is 6.15. The number of likely N-dealkylation sites (tertiary alicyclic amines) is 1. The van der Waals surface area contributed by atoms with Crippen molar-refractivity contribution in [3.8, 4) is 0 Å². The van der Waals surface area contributed by atoms with E-state index in [1.165, 1.54) is 30.5 Å². The van der Waals surface area contributed by atoms with Gasteiger partial charge in [0.15, 0.2) is 0 Å². The molecule has 3 aliphatic rings. The van der Waals surface area contributed by atoms with Crippen molar-refractivity contribution in [2.75, 3.05) is 32.7 Å². The number of piperazine rings is 1. The number of benzene rings is 2. The van der Waals surface area contributed by atoms with E-state index in [-0.39, 0.29) is 35.2 Å². The van der Waals surface area contributed by atoms with Crippen LogP contribution >= 0.6 is 0 Å². The zero-order valence-electron chi connectivity index (χ0n) is 24.5. The molecule has 0 unspecified atom stereocenters. The largest absolute Gasteiger partial charge is 0.337 e. The predicted octanol–water partition coefficient (Wildman–Crippen LogP) is 5.39. The third-order valence-electron chi connectivity index (χ3n) is 9.26. The summed E-state index contributed by atoms with van der Waals surface area (Å²) in [4.78, 5) is 33.2. The molecule has 0 spiro atoms. The lowest BCUT2D eigenvalue weighted by Gasteiger charge is -2.44. The van der Waals surface area contributed by atoms with Gasteiger partial charge < -0.3 is 4.90 Å². The molecular formula is C33H43F2N3O2. The SMILES string of the molecule is CC(=O)[C@H](Cc1ccc(C2CC2)cc1)N1CCN(C(=O)[C@@H]2CN(C(C)(C)C)C[C@H]2c2ccc(F)cc2F)[C@@H](C)C1. The molecular weight excluding hydrogens is 508 g/mol. The molecule has 0 bridgehead atoms. The smallest absolute Gasteiger partial charge is 0.227 e. The van der Waals surface area contributed by atoms with Gasteiger partial charge in [-0.2, -0.15) is 0 Å².